The molecule has 0 bridgehead atoms. The third-order valence-electron chi connectivity index (χ3n) is 7.09. The molecule has 5 rings (SSSR count). The summed E-state index contributed by atoms with van der Waals surface area (Å²) in [6, 6.07) is 20.2. The molecule has 0 spiro atoms. The van der Waals surface area contributed by atoms with Crippen molar-refractivity contribution in [3.63, 3.8) is 0 Å². The number of halogens is 1. The minimum Gasteiger partial charge on any atom is -0.493 e. The Hall–Kier alpha value is -4.03. The number of carbonyl (C=O) groups is 2. The van der Waals surface area contributed by atoms with Gasteiger partial charge in [0.2, 0.25) is 0 Å². The molecule has 0 saturated carbocycles. The fourth-order valence-electron chi connectivity index (χ4n) is 5.04. The summed E-state index contributed by atoms with van der Waals surface area (Å²) in [6.45, 7) is 7.49. The predicted molar refractivity (Wildman–Crippen MR) is 179 cm³/mol. The SMILES string of the molecule is CCOC(=O)C1=C(c2ccccc2)N=c2s/c(=C\c3cc(I)c(OC(C)=O)c(OC)c3)c(=O)n2[C@@H]1c1ccc(C(C)C)cc1. The van der Waals surface area contributed by atoms with E-state index in [0.717, 1.165) is 16.7 Å². The molecule has 0 unspecified atom stereocenters. The second kappa shape index (κ2) is 13.3. The number of esters is 2. The van der Waals surface area contributed by atoms with Crippen molar-refractivity contribution < 1.29 is 23.8 Å². The van der Waals surface area contributed by atoms with Crippen molar-refractivity contribution in [1.29, 1.82) is 0 Å². The Morgan fingerprint density at radius 1 is 1.09 bits per heavy atom. The minimum absolute atomic E-state index is 0.178. The summed E-state index contributed by atoms with van der Waals surface area (Å²) in [5.41, 5.74) is 3.82. The molecule has 1 aliphatic rings. The number of nitrogens with zero attached hydrogens (tertiary/aromatic N) is 2. The number of fused-ring (bicyclic) bond motifs is 1. The van der Waals surface area contributed by atoms with Crippen LogP contribution < -0.4 is 24.4 Å². The van der Waals surface area contributed by atoms with E-state index >= 15 is 0 Å². The monoisotopic (exact) mass is 722 g/mol. The summed E-state index contributed by atoms with van der Waals surface area (Å²) in [6.07, 6.45) is 1.75. The Balaban J connectivity index is 1.78. The van der Waals surface area contributed by atoms with Gasteiger partial charge in [0.05, 0.1) is 39.1 Å². The first kappa shape index (κ1) is 31.4. The van der Waals surface area contributed by atoms with E-state index in [-0.39, 0.29) is 12.2 Å². The number of ether oxygens (including phenoxy) is 3. The van der Waals surface area contributed by atoms with Gasteiger partial charge in [-0.3, -0.25) is 14.2 Å². The number of aromatic nitrogens is 1. The molecule has 0 aliphatic carbocycles. The average molecular weight is 723 g/mol. The van der Waals surface area contributed by atoms with Gasteiger partial charge in [-0.15, -0.1) is 0 Å². The fourth-order valence-corrected chi connectivity index (χ4v) is 6.77. The van der Waals surface area contributed by atoms with Crippen molar-refractivity contribution in [2.24, 2.45) is 4.99 Å². The molecule has 3 aromatic carbocycles. The van der Waals surface area contributed by atoms with Crippen LogP contribution in [0, 0.1) is 3.57 Å². The molecule has 0 radical (unpaired) electrons. The smallest absolute Gasteiger partial charge is 0.338 e. The highest BCUT2D eigenvalue weighted by atomic mass is 127. The standard InChI is InChI=1S/C34H31IN2O6S/c1-6-42-33(40)28-29(23-10-8-7-9-11-23)36-34-37(30(28)24-14-12-22(13-15-24)19(2)3)32(39)27(44-34)18-21-16-25(35)31(43-20(4)38)26(17-21)41-5/h7-19,30H,6H2,1-5H3/b27-18-/t30-/m1/s1. The van der Waals surface area contributed by atoms with Crippen LogP contribution in [0.1, 0.15) is 61.9 Å². The number of hydrogen-bond donors (Lipinski definition) is 0. The third-order valence-corrected chi connectivity index (χ3v) is 8.87. The zero-order chi connectivity index (χ0) is 31.5. The maximum atomic E-state index is 14.2. The Kier molecular flexibility index (Phi) is 9.50. The lowest BCUT2D eigenvalue weighted by molar-refractivity contribution is -0.139. The van der Waals surface area contributed by atoms with Crippen LogP contribution in [-0.4, -0.2) is 30.2 Å². The summed E-state index contributed by atoms with van der Waals surface area (Å²) >= 11 is 3.30. The highest BCUT2D eigenvalue weighted by Crippen LogP contribution is 2.36. The van der Waals surface area contributed by atoms with Gasteiger partial charge in [0, 0.05) is 12.5 Å². The van der Waals surface area contributed by atoms with Gasteiger partial charge in [0.1, 0.15) is 0 Å². The van der Waals surface area contributed by atoms with Crippen molar-refractivity contribution in [1.82, 2.24) is 4.57 Å². The number of thiazole rings is 1. The highest BCUT2D eigenvalue weighted by molar-refractivity contribution is 14.1. The molecule has 0 saturated heterocycles. The molecular formula is C34H31IN2O6S. The van der Waals surface area contributed by atoms with E-state index in [1.54, 1.807) is 29.7 Å². The molecule has 1 aromatic heterocycles. The van der Waals surface area contributed by atoms with Crippen molar-refractivity contribution in [2.45, 2.75) is 39.7 Å². The molecule has 0 amide bonds. The number of rotatable bonds is 8. The second-order valence-corrected chi connectivity index (χ2v) is 12.6. The summed E-state index contributed by atoms with van der Waals surface area (Å²) in [4.78, 5) is 44.9. The maximum absolute atomic E-state index is 14.2. The van der Waals surface area contributed by atoms with E-state index in [2.05, 4.69) is 36.4 Å². The van der Waals surface area contributed by atoms with Crippen LogP contribution >= 0.6 is 33.9 Å². The molecule has 0 fully saturated rings. The zero-order valence-corrected chi connectivity index (χ0v) is 27.9. The van der Waals surface area contributed by atoms with Crippen LogP contribution in [0.15, 0.2) is 82.1 Å². The molecule has 1 aliphatic heterocycles. The van der Waals surface area contributed by atoms with Gasteiger partial charge in [-0.25, -0.2) is 9.79 Å². The van der Waals surface area contributed by atoms with Crippen LogP contribution in [-0.2, 0) is 14.3 Å². The zero-order valence-electron chi connectivity index (χ0n) is 24.9. The van der Waals surface area contributed by atoms with Crippen LogP contribution in [0.4, 0.5) is 0 Å². The molecule has 10 heteroatoms. The Morgan fingerprint density at radius 3 is 2.41 bits per heavy atom. The topological polar surface area (TPSA) is 96.2 Å². The molecule has 1 atom stereocenters. The first-order valence-electron chi connectivity index (χ1n) is 14.1. The molecule has 8 nitrogen and oxygen atoms in total. The van der Waals surface area contributed by atoms with E-state index in [4.69, 9.17) is 19.2 Å². The number of benzene rings is 3. The van der Waals surface area contributed by atoms with Gasteiger partial charge in [0.15, 0.2) is 16.3 Å². The van der Waals surface area contributed by atoms with Gasteiger partial charge >= 0.3 is 11.9 Å². The number of methoxy groups -OCH3 is 1. The molecule has 44 heavy (non-hydrogen) atoms. The Labute approximate surface area is 272 Å². The minimum atomic E-state index is -0.759. The van der Waals surface area contributed by atoms with Crippen LogP contribution in [0.2, 0.25) is 0 Å². The lowest BCUT2D eigenvalue weighted by Gasteiger charge is -2.26. The van der Waals surface area contributed by atoms with Gasteiger partial charge in [0.25, 0.3) is 5.56 Å². The lowest BCUT2D eigenvalue weighted by atomic mass is 9.91. The van der Waals surface area contributed by atoms with Crippen LogP contribution in [0.5, 0.6) is 11.5 Å². The van der Waals surface area contributed by atoms with Crippen molar-refractivity contribution >= 4 is 57.6 Å². The van der Waals surface area contributed by atoms with E-state index in [1.807, 2.05) is 54.6 Å². The fraction of sp³-hybridized carbons (Fsp3) is 0.235. The summed E-state index contributed by atoms with van der Waals surface area (Å²) < 4.78 is 19.0. The normalized spacial score (nSPS) is 14.7. The number of hydrogen-bond acceptors (Lipinski definition) is 8. The van der Waals surface area contributed by atoms with E-state index < -0.39 is 18.0 Å². The first-order valence-corrected chi connectivity index (χ1v) is 16.0. The maximum Gasteiger partial charge on any atom is 0.338 e. The Morgan fingerprint density at radius 2 is 1.80 bits per heavy atom. The van der Waals surface area contributed by atoms with E-state index in [0.29, 0.717) is 47.2 Å². The van der Waals surface area contributed by atoms with E-state index in [1.165, 1.54) is 25.4 Å². The lowest BCUT2D eigenvalue weighted by Crippen LogP contribution is -2.40. The first-order chi connectivity index (χ1) is 21.1. The Bertz CT molecular complexity index is 1940. The van der Waals surface area contributed by atoms with Gasteiger partial charge in [-0.05, 0) is 70.3 Å². The predicted octanol–water partition coefficient (Wildman–Crippen LogP) is 5.60. The molecule has 0 N–H and O–H groups in total. The average Bonchev–Trinajstić information content (AvgIpc) is 3.31. The molecular weight excluding hydrogens is 691 g/mol. The molecule has 226 valence electrons. The highest BCUT2D eigenvalue weighted by Gasteiger charge is 2.35. The summed E-state index contributed by atoms with van der Waals surface area (Å²) in [5, 5.41) is 0. The second-order valence-electron chi connectivity index (χ2n) is 10.4. The van der Waals surface area contributed by atoms with Gasteiger partial charge < -0.3 is 14.2 Å². The van der Waals surface area contributed by atoms with Gasteiger partial charge in [-0.2, -0.15) is 0 Å². The van der Waals surface area contributed by atoms with Crippen molar-refractivity contribution in [3.8, 4) is 11.5 Å². The van der Waals surface area contributed by atoms with E-state index in [9.17, 15) is 14.4 Å². The number of carbonyl (C=O) groups excluding carboxylic acids is 2. The summed E-state index contributed by atoms with van der Waals surface area (Å²) in [7, 11) is 1.49. The van der Waals surface area contributed by atoms with Crippen LogP contribution in [0.25, 0.3) is 11.8 Å². The quantitative estimate of drug-likeness (QED) is 0.134. The molecule has 2 heterocycles. The summed E-state index contributed by atoms with van der Waals surface area (Å²) in [5.74, 6) is 0.0110. The van der Waals surface area contributed by atoms with Crippen molar-refractivity contribution in [2.75, 3.05) is 13.7 Å². The molecule has 4 aromatic rings. The third kappa shape index (κ3) is 6.27. The van der Waals surface area contributed by atoms with Crippen molar-refractivity contribution in [3.05, 3.63) is 118 Å². The largest absolute Gasteiger partial charge is 0.493 e. The van der Waals surface area contributed by atoms with Crippen LogP contribution in [0.3, 0.4) is 0 Å². The van der Waals surface area contributed by atoms with Gasteiger partial charge in [-0.1, -0.05) is 79.8 Å².